The van der Waals surface area contributed by atoms with Gasteiger partial charge in [0, 0.05) is 5.56 Å². The Bertz CT molecular complexity index is 780. The van der Waals surface area contributed by atoms with E-state index in [0.717, 1.165) is 0 Å². The minimum absolute atomic E-state index is 0.338. The Morgan fingerprint density at radius 2 is 2.00 bits per heavy atom. The van der Waals surface area contributed by atoms with Gasteiger partial charge in [-0.1, -0.05) is 6.07 Å². The summed E-state index contributed by atoms with van der Waals surface area (Å²) in [5.41, 5.74) is 1.88. The maximum atomic E-state index is 11.3. The zero-order valence-corrected chi connectivity index (χ0v) is 8.94. The molecule has 84 valence electrons. The average molecular weight is 228 g/mol. The number of hydrogen-bond acceptors (Lipinski definition) is 5. The van der Waals surface area contributed by atoms with Gasteiger partial charge in [0.2, 0.25) is 10.9 Å². The Kier molecular flexibility index (Phi) is 1.85. The summed E-state index contributed by atoms with van der Waals surface area (Å²) >= 11 is 0. The van der Waals surface area contributed by atoms with E-state index in [9.17, 15) is 9.59 Å². The lowest BCUT2D eigenvalue weighted by Crippen LogP contribution is -2.36. The van der Waals surface area contributed by atoms with Crippen LogP contribution in [0.15, 0.2) is 27.8 Å². The third-order valence-electron chi connectivity index (χ3n) is 2.76. The molecule has 0 bridgehead atoms. The van der Waals surface area contributed by atoms with Crippen molar-refractivity contribution in [2.24, 2.45) is 0 Å². The van der Waals surface area contributed by atoms with E-state index in [1.54, 1.807) is 25.1 Å². The van der Waals surface area contributed by atoms with Gasteiger partial charge in [-0.25, -0.2) is 0 Å². The zero-order chi connectivity index (χ0) is 12.0. The number of nitrogens with zero attached hydrogens (tertiary/aromatic N) is 2. The molecule has 0 fully saturated rings. The second kappa shape index (κ2) is 3.24. The van der Waals surface area contributed by atoms with Crippen LogP contribution in [0.2, 0.25) is 0 Å². The van der Waals surface area contributed by atoms with Crippen molar-refractivity contribution in [3.63, 3.8) is 0 Å². The molecule has 0 atom stereocenters. The number of aromatic nitrogens is 3. The summed E-state index contributed by atoms with van der Waals surface area (Å²) < 4.78 is 0. The van der Waals surface area contributed by atoms with E-state index in [0.29, 0.717) is 28.0 Å². The number of anilines is 2. The van der Waals surface area contributed by atoms with Crippen LogP contribution in [0.1, 0.15) is 5.56 Å². The molecule has 0 radical (unpaired) electrons. The molecule has 0 aliphatic rings. The van der Waals surface area contributed by atoms with Crippen LogP contribution in [0.5, 0.6) is 0 Å². The molecule has 3 aromatic rings. The fourth-order valence-corrected chi connectivity index (χ4v) is 1.76. The number of benzene rings is 1. The molecule has 0 amide bonds. The van der Waals surface area contributed by atoms with Gasteiger partial charge in [0.15, 0.2) is 0 Å². The quantitative estimate of drug-likeness (QED) is 0.627. The van der Waals surface area contributed by atoms with E-state index in [2.05, 4.69) is 20.7 Å². The Morgan fingerprint density at radius 3 is 2.76 bits per heavy atom. The third-order valence-corrected chi connectivity index (χ3v) is 2.76. The second-order valence-corrected chi connectivity index (χ2v) is 3.78. The van der Waals surface area contributed by atoms with E-state index < -0.39 is 10.9 Å². The lowest BCUT2D eigenvalue weighted by Gasteiger charge is -2.09. The molecule has 3 rings (SSSR count). The second-order valence-electron chi connectivity index (χ2n) is 3.78. The molecule has 1 heterocycles. The molecule has 6 heteroatoms. The summed E-state index contributed by atoms with van der Waals surface area (Å²) in [6.45, 7) is 1.62. The molecule has 0 aliphatic carbocycles. The lowest BCUT2D eigenvalue weighted by atomic mass is 10.1. The maximum absolute atomic E-state index is 11.3. The highest BCUT2D eigenvalue weighted by atomic mass is 16.2. The third kappa shape index (κ3) is 1.27. The van der Waals surface area contributed by atoms with Crippen LogP contribution in [-0.2, 0) is 0 Å². The average Bonchev–Trinajstić information content (AvgIpc) is 2.83. The molecule has 2 N–H and O–H groups in total. The standard InChI is InChI=1S/C11H8N4O2/c1-5-8(11(17)10(5)16)12-6-3-2-4-7-9(6)14-15-13-7/h2-4,12H,1H3,(H,13,14,15). The van der Waals surface area contributed by atoms with Crippen LogP contribution in [0.3, 0.4) is 0 Å². The smallest absolute Gasteiger partial charge is 0.249 e. The Labute approximate surface area is 95.0 Å². The minimum atomic E-state index is -0.483. The van der Waals surface area contributed by atoms with Crippen molar-refractivity contribution < 1.29 is 0 Å². The molecular formula is C11H8N4O2. The van der Waals surface area contributed by atoms with Crippen LogP contribution in [-0.4, -0.2) is 15.4 Å². The summed E-state index contributed by atoms with van der Waals surface area (Å²) in [6.07, 6.45) is 0. The van der Waals surface area contributed by atoms with E-state index in [4.69, 9.17) is 0 Å². The Balaban J connectivity index is 2.10. The number of para-hydroxylation sites is 1. The minimum Gasteiger partial charge on any atom is -0.350 e. The van der Waals surface area contributed by atoms with Crippen molar-refractivity contribution >= 4 is 22.4 Å². The summed E-state index contributed by atoms with van der Waals surface area (Å²) in [4.78, 5) is 22.4. The first-order valence-electron chi connectivity index (χ1n) is 5.05. The molecular weight excluding hydrogens is 220 g/mol. The van der Waals surface area contributed by atoms with Crippen LogP contribution in [0.25, 0.3) is 11.0 Å². The van der Waals surface area contributed by atoms with Gasteiger partial charge in [-0.3, -0.25) is 9.59 Å². The van der Waals surface area contributed by atoms with Gasteiger partial charge < -0.3 is 5.32 Å². The van der Waals surface area contributed by atoms with Crippen LogP contribution < -0.4 is 16.2 Å². The topological polar surface area (TPSA) is 87.7 Å². The fourth-order valence-electron chi connectivity index (χ4n) is 1.76. The number of H-pyrrole nitrogens is 1. The van der Waals surface area contributed by atoms with Crippen LogP contribution in [0, 0.1) is 6.92 Å². The molecule has 0 saturated carbocycles. The van der Waals surface area contributed by atoms with Crippen molar-refractivity contribution in [1.82, 2.24) is 15.4 Å². The van der Waals surface area contributed by atoms with E-state index in [1.165, 1.54) is 0 Å². The predicted octanol–water partition coefficient (Wildman–Crippen LogP) is 0.606. The zero-order valence-electron chi connectivity index (χ0n) is 8.94. The maximum Gasteiger partial charge on any atom is 0.249 e. The number of nitrogens with one attached hydrogen (secondary N) is 2. The van der Waals surface area contributed by atoms with Crippen LogP contribution >= 0.6 is 0 Å². The number of fused-ring (bicyclic) bond motifs is 1. The summed E-state index contributed by atoms with van der Waals surface area (Å²) in [5.74, 6) is 0. The van der Waals surface area contributed by atoms with E-state index in [-0.39, 0.29) is 0 Å². The van der Waals surface area contributed by atoms with Gasteiger partial charge in [-0.15, -0.1) is 0 Å². The largest absolute Gasteiger partial charge is 0.350 e. The monoisotopic (exact) mass is 228 g/mol. The Morgan fingerprint density at radius 1 is 1.18 bits per heavy atom. The number of hydrogen-bond donors (Lipinski definition) is 2. The van der Waals surface area contributed by atoms with Crippen LogP contribution in [0.4, 0.5) is 11.4 Å². The summed E-state index contributed by atoms with van der Waals surface area (Å²) in [6, 6.07) is 5.38. The molecule has 0 saturated heterocycles. The number of rotatable bonds is 2. The first kappa shape index (κ1) is 9.71. The molecule has 17 heavy (non-hydrogen) atoms. The summed E-state index contributed by atoms with van der Waals surface area (Å²) in [7, 11) is 0. The molecule has 6 nitrogen and oxygen atoms in total. The predicted molar refractivity (Wildman–Crippen MR) is 63.3 cm³/mol. The van der Waals surface area contributed by atoms with Crippen molar-refractivity contribution in [2.45, 2.75) is 6.92 Å². The fraction of sp³-hybridized carbons (Fsp3) is 0.0909. The van der Waals surface area contributed by atoms with Gasteiger partial charge in [-0.05, 0) is 19.1 Å². The normalized spacial score (nSPS) is 11.1. The number of aromatic amines is 1. The highest BCUT2D eigenvalue weighted by Gasteiger charge is 2.17. The molecule has 2 aromatic carbocycles. The highest BCUT2D eigenvalue weighted by molar-refractivity contribution is 5.89. The van der Waals surface area contributed by atoms with E-state index in [1.807, 2.05) is 0 Å². The molecule has 0 unspecified atom stereocenters. The van der Waals surface area contributed by atoms with Crippen molar-refractivity contribution in [1.29, 1.82) is 0 Å². The van der Waals surface area contributed by atoms with Crippen molar-refractivity contribution in [3.8, 4) is 0 Å². The summed E-state index contributed by atoms with van der Waals surface area (Å²) in [5, 5.41) is 13.4. The highest BCUT2D eigenvalue weighted by Crippen LogP contribution is 2.22. The first-order valence-corrected chi connectivity index (χ1v) is 5.05. The van der Waals surface area contributed by atoms with Crippen molar-refractivity contribution in [2.75, 3.05) is 5.32 Å². The van der Waals surface area contributed by atoms with Gasteiger partial charge in [0.05, 0.1) is 11.4 Å². The van der Waals surface area contributed by atoms with Gasteiger partial charge in [0.25, 0.3) is 0 Å². The first-order chi connectivity index (χ1) is 8.18. The van der Waals surface area contributed by atoms with E-state index >= 15 is 0 Å². The van der Waals surface area contributed by atoms with Gasteiger partial charge >= 0.3 is 0 Å². The SMILES string of the molecule is Cc1c(Nc2cccc3n[nH]nc23)c(=O)c1=O. The van der Waals surface area contributed by atoms with Crippen molar-refractivity contribution in [3.05, 3.63) is 44.2 Å². The Hall–Kier alpha value is -2.50. The molecule has 1 aromatic heterocycles. The lowest BCUT2D eigenvalue weighted by molar-refractivity contribution is 0.959. The molecule has 0 aliphatic heterocycles. The van der Waals surface area contributed by atoms with Gasteiger partial charge in [0.1, 0.15) is 11.0 Å². The van der Waals surface area contributed by atoms with Gasteiger partial charge in [-0.2, -0.15) is 15.4 Å². The molecule has 0 spiro atoms.